The first-order chi connectivity index (χ1) is 7.61. The molecule has 0 saturated carbocycles. The van der Waals surface area contributed by atoms with Crippen molar-refractivity contribution in [2.45, 2.75) is 25.9 Å². The van der Waals surface area contributed by atoms with Gasteiger partial charge in [-0.25, -0.2) is 5.84 Å². The molecule has 0 aliphatic carbocycles. The van der Waals surface area contributed by atoms with E-state index in [2.05, 4.69) is 10.4 Å². The van der Waals surface area contributed by atoms with Gasteiger partial charge >= 0.3 is 0 Å². The van der Waals surface area contributed by atoms with Crippen LogP contribution in [0.3, 0.4) is 0 Å². The van der Waals surface area contributed by atoms with Gasteiger partial charge in [0, 0.05) is 18.7 Å². The molecule has 5 nitrogen and oxygen atoms in total. The standard InChI is InChI=1S/C10H14ClN3O2/c1-7(2-3-10(15)14-12)16-9-4-8(11)5-13-6-9/h4-7H,2-3,12H2,1H3,(H,14,15). The summed E-state index contributed by atoms with van der Waals surface area (Å²) in [7, 11) is 0. The van der Waals surface area contributed by atoms with E-state index in [0.29, 0.717) is 23.6 Å². The number of nitrogens with one attached hydrogen (secondary N) is 1. The van der Waals surface area contributed by atoms with Crippen LogP contribution in [0, 0.1) is 0 Å². The zero-order valence-corrected chi connectivity index (χ0v) is 9.70. The van der Waals surface area contributed by atoms with Gasteiger partial charge in [0.25, 0.3) is 0 Å². The van der Waals surface area contributed by atoms with Gasteiger partial charge in [0.1, 0.15) is 5.75 Å². The summed E-state index contributed by atoms with van der Waals surface area (Å²) in [4.78, 5) is 14.8. The third-order valence-electron chi connectivity index (χ3n) is 1.96. The molecule has 0 aromatic carbocycles. The summed E-state index contributed by atoms with van der Waals surface area (Å²) >= 11 is 5.76. The Balaban J connectivity index is 2.39. The number of rotatable bonds is 5. The van der Waals surface area contributed by atoms with E-state index >= 15 is 0 Å². The van der Waals surface area contributed by atoms with Crippen molar-refractivity contribution in [3.8, 4) is 5.75 Å². The van der Waals surface area contributed by atoms with Gasteiger partial charge in [0.05, 0.1) is 17.3 Å². The van der Waals surface area contributed by atoms with Crippen molar-refractivity contribution in [1.29, 1.82) is 0 Å². The molecular weight excluding hydrogens is 230 g/mol. The van der Waals surface area contributed by atoms with Gasteiger partial charge in [-0.05, 0) is 13.3 Å². The second kappa shape index (κ2) is 6.30. The average molecular weight is 244 g/mol. The van der Waals surface area contributed by atoms with Crippen molar-refractivity contribution in [2.75, 3.05) is 0 Å². The molecular formula is C10H14ClN3O2. The Bertz CT molecular complexity index is 360. The highest BCUT2D eigenvalue weighted by Crippen LogP contribution is 2.17. The van der Waals surface area contributed by atoms with Crippen molar-refractivity contribution < 1.29 is 9.53 Å². The summed E-state index contributed by atoms with van der Waals surface area (Å²) < 4.78 is 5.52. The number of carbonyl (C=O) groups excluding carboxylic acids is 1. The van der Waals surface area contributed by atoms with E-state index in [-0.39, 0.29) is 12.0 Å². The second-order valence-electron chi connectivity index (χ2n) is 3.37. The van der Waals surface area contributed by atoms with Gasteiger partial charge < -0.3 is 4.74 Å². The molecule has 16 heavy (non-hydrogen) atoms. The molecule has 1 unspecified atom stereocenters. The molecule has 0 saturated heterocycles. The lowest BCUT2D eigenvalue weighted by Crippen LogP contribution is -2.30. The lowest BCUT2D eigenvalue weighted by molar-refractivity contribution is -0.121. The van der Waals surface area contributed by atoms with Gasteiger partial charge in [-0.15, -0.1) is 0 Å². The minimum absolute atomic E-state index is 0.0995. The van der Waals surface area contributed by atoms with E-state index in [1.54, 1.807) is 12.3 Å². The molecule has 0 fully saturated rings. The first-order valence-electron chi connectivity index (χ1n) is 4.88. The number of amides is 1. The maximum atomic E-state index is 10.9. The van der Waals surface area contributed by atoms with Crippen LogP contribution < -0.4 is 16.0 Å². The molecule has 0 aliphatic heterocycles. The van der Waals surface area contributed by atoms with E-state index in [0.717, 1.165) is 0 Å². The molecule has 1 heterocycles. The second-order valence-corrected chi connectivity index (χ2v) is 3.81. The lowest BCUT2D eigenvalue weighted by atomic mass is 10.2. The number of hydrogen-bond donors (Lipinski definition) is 2. The third-order valence-corrected chi connectivity index (χ3v) is 2.16. The van der Waals surface area contributed by atoms with Crippen LogP contribution in [0.5, 0.6) is 5.75 Å². The SMILES string of the molecule is CC(CCC(=O)NN)Oc1cncc(Cl)c1. The van der Waals surface area contributed by atoms with E-state index in [4.69, 9.17) is 22.2 Å². The minimum Gasteiger partial charge on any atom is -0.489 e. The van der Waals surface area contributed by atoms with E-state index in [9.17, 15) is 4.79 Å². The topological polar surface area (TPSA) is 77.2 Å². The number of aromatic nitrogens is 1. The minimum atomic E-state index is -0.209. The Hall–Kier alpha value is -1.33. The Labute approximate surface area is 98.9 Å². The summed E-state index contributed by atoms with van der Waals surface area (Å²) in [6, 6.07) is 1.67. The molecule has 1 aromatic rings. The molecule has 1 atom stereocenters. The Morgan fingerprint density at radius 1 is 1.69 bits per heavy atom. The predicted octanol–water partition coefficient (Wildman–Crippen LogP) is 1.27. The molecule has 6 heteroatoms. The van der Waals surface area contributed by atoms with Crippen LogP contribution in [0.2, 0.25) is 5.02 Å². The monoisotopic (exact) mass is 243 g/mol. The van der Waals surface area contributed by atoms with Crippen molar-refractivity contribution in [3.05, 3.63) is 23.5 Å². The Kier molecular flexibility index (Phi) is 5.01. The predicted molar refractivity (Wildman–Crippen MR) is 60.9 cm³/mol. The van der Waals surface area contributed by atoms with Gasteiger partial charge in [0.15, 0.2) is 0 Å². The van der Waals surface area contributed by atoms with Crippen LogP contribution in [-0.4, -0.2) is 17.0 Å². The largest absolute Gasteiger partial charge is 0.489 e. The van der Waals surface area contributed by atoms with E-state index < -0.39 is 0 Å². The van der Waals surface area contributed by atoms with Crippen molar-refractivity contribution >= 4 is 17.5 Å². The quantitative estimate of drug-likeness (QED) is 0.464. The Morgan fingerprint density at radius 3 is 3.06 bits per heavy atom. The van der Waals surface area contributed by atoms with E-state index in [1.165, 1.54) is 6.20 Å². The van der Waals surface area contributed by atoms with Crippen molar-refractivity contribution in [3.63, 3.8) is 0 Å². The molecule has 0 radical (unpaired) electrons. The molecule has 88 valence electrons. The normalized spacial score (nSPS) is 11.9. The molecule has 0 bridgehead atoms. The maximum Gasteiger partial charge on any atom is 0.234 e. The molecule has 1 aromatic heterocycles. The molecule has 3 N–H and O–H groups in total. The number of ether oxygens (including phenoxy) is 1. The zero-order valence-electron chi connectivity index (χ0n) is 8.94. The molecule has 1 rings (SSSR count). The summed E-state index contributed by atoms with van der Waals surface area (Å²) in [5.74, 6) is 5.35. The number of hydrogen-bond acceptors (Lipinski definition) is 4. The summed E-state index contributed by atoms with van der Waals surface area (Å²) in [6.07, 6.45) is 3.91. The van der Waals surface area contributed by atoms with E-state index in [1.807, 2.05) is 6.92 Å². The molecule has 1 amide bonds. The van der Waals surface area contributed by atoms with Crippen LogP contribution in [0.4, 0.5) is 0 Å². The highest BCUT2D eigenvalue weighted by atomic mass is 35.5. The zero-order chi connectivity index (χ0) is 12.0. The maximum absolute atomic E-state index is 10.9. The molecule has 0 aliphatic rings. The van der Waals surface area contributed by atoms with Crippen molar-refractivity contribution in [1.82, 2.24) is 10.4 Å². The van der Waals surface area contributed by atoms with Gasteiger partial charge in [0.2, 0.25) is 5.91 Å². The van der Waals surface area contributed by atoms with Crippen LogP contribution in [0.25, 0.3) is 0 Å². The van der Waals surface area contributed by atoms with Crippen LogP contribution in [-0.2, 0) is 4.79 Å². The number of nitrogens with zero attached hydrogens (tertiary/aromatic N) is 1. The fourth-order valence-electron chi connectivity index (χ4n) is 1.15. The highest BCUT2D eigenvalue weighted by Gasteiger charge is 2.07. The van der Waals surface area contributed by atoms with Crippen LogP contribution >= 0.6 is 11.6 Å². The molecule has 0 spiro atoms. The number of nitrogens with two attached hydrogens (primary N) is 1. The Morgan fingerprint density at radius 2 is 2.44 bits per heavy atom. The lowest BCUT2D eigenvalue weighted by Gasteiger charge is -2.13. The highest BCUT2D eigenvalue weighted by molar-refractivity contribution is 6.30. The summed E-state index contributed by atoms with van der Waals surface area (Å²) in [6.45, 7) is 1.87. The average Bonchev–Trinajstić information content (AvgIpc) is 2.26. The van der Waals surface area contributed by atoms with Crippen LogP contribution in [0.15, 0.2) is 18.5 Å². The first-order valence-corrected chi connectivity index (χ1v) is 5.26. The third kappa shape index (κ3) is 4.46. The number of pyridine rings is 1. The summed E-state index contributed by atoms with van der Waals surface area (Å²) in [5, 5.41) is 0.518. The first kappa shape index (κ1) is 12.7. The van der Waals surface area contributed by atoms with Gasteiger partial charge in [-0.1, -0.05) is 11.6 Å². The van der Waals surface area contributed by atoms with Gasteiger partial charge in [-0.2, -0.15) is 0 Å². The van der Waals surface area contributed by atoms with Gasteiger partial charge in [-0.3, -0.25) is 15.2 Å². The number of carbonyl (C=O) groups is 1. The number of halogens is 1. The fraction of sp³-hybridized carbons (Fsp3) is 0.400. The fourth-order valence-corrected chi connectivity index (χ4v) is 1.32. The smallest absolute Gasteiger partial charge is 0.234 e. The summed E-state index contributed by atoms with van der Waals surface area (Å²) in [5.41, 5.74) is 2.07. The van der Waals surface area contributed by atoms with Crippen LogP contribution in [0.1, 0.15) is 19.8 Å². The number of hydrazine groups is 1. The van der Waals surface area contributed by atoms with Crippen molar-refractivity contribution in [2.24, 2.45) is 5.84 Å².